The second-order valence-corrected chi connectivity index (χ2v) is 3.82. The summed E-state index contributed by atoms with van der Waals surface area (Å²) in [5.41, 5.74) is 0.562. The van der Waals surface area contributed by atoms with Gasteiger partial charge >= 0.3 is 5.97 Å². The number of carboxylic acids is 1. The number of nitrogens with zero attached hydrogens (tertiary/aromatic N) is 2. The Morgan fingerprint density at radius 1 is 1.64 bits per heavy atom. The van der Waals surface area contributed by atoms with Gasteiger partial charge < -0.3 is 5.11 Å². The molecule has 0 spiro atoms. The van der Waals surface area contributed by atoms with Crippen molar-refractivity contribution in [2.45, 2.75) is 0 Å². The van der Waals surface area contributed by atoms with Gasteiger partial charge in [-0.2, -0.15) is 0 Å². The van der Waals surface area contributed by atoms with E-state index in [9.17, 15) is 4.79 Å². The second kappa shape index (κ2) is 3.25. The Kier molecular flexibility index (Phi) is 2.20. The summed E-state index contributed by atoms with van der Waals surface area (Å²) in [5.74, 6) is -1.20. The zero-order valence-electron chi connectivity index (χ0n) is 6.74. The Morgan fingerprint density at radius 3 is 3.00 bits per heavy atom. The molecule has 0 aliphatic heterocycles. The molecule has 14 heavy (non-hydrogen) atoms. The van der Waals surface area contributed by atoms with Crippen LogP contribution >= 0.6 is 27.5 Å². The largest absolute Gasteiger partial charge is 0.475 e. The van der Waals surface area contributed by atoms with E-state index in [-0.39, 0.29) is 11.0 Å². The fourth-order valence-corrected chi connectivity index (χ4v) is 2.13. The number of rotatable bonds is 1. The van der Waals surface area contributed by atoms with Crippen LogP contribution in [0.4, 0.5) is 0 Å². The Bertz CT molecular complexity index is 523. The lowest BCUT2D eigenvalue weighted by Gasteiger charge is -1.97. The zero-order chi connectivity index (χ0) is 10.3. The molecule has 72 valence electrons. The summed E-state index contributed by atoms with van der Waals surface area (Å²) in [5, 5.41) is 9.01. The highest BCUT2D eigenvalue weighted by atomic mass is 79.9. The maximum absolute atomic E-state index is 10.8. The maximum atomic E-state index is 10.8. The number of hydrogen-bond acceptors (Lipinski definition) is 2. The first kappa shape index (κ1) is 9.48. The van der Waals surface area contributed by atoms with Gasteiger partial charge in [0.05, 0.1) is 5.52 Å². The van der Waals surface area contributed by atoms with E-state index >= 15 is 0 Å². The number of hydrogen-bond donors (Lipinski definition) is 1. The monoisotopic (exact) mass is 274 g/mol. The Morgan fingerprint density at radius 2 is 2.36 bits per heavy atom. The smallest absolute Gasteiger partial charge is 0.372 e. The maximum Gasteiger partial charge on any atom is 0.372 e. The van der Waals surface area contributed by atoms with Crippen molar-refractivity contribution < 1.29 is 9.90 Å². The number of carboxylic acid groups (broad SMARTS) is 1. The van der Waals surface area contributed by atoms with Gasteiger partial charge in [0, 0.05) is 10.7 Å². The van der Waals surface area contributed by atoms with Crippen LogP contribution < -0.4 is 0 Å². The predicted octanol–water partition coefficient (Wildman–Crippen LogP) is 2.45. The van der Waals surface area contributed by atoms with Crippen LogP contribution in [0, 0.1) is 0 Å². The number of carbonyl (C=O) groups is 1. The van der Waals surface area contributed by atoms with Gasteiger partial charge in [-0.05, 0) is 28.1 Å². The first-order chi connectivity index (χ1) is 6.61. The molecule has 0 saturated carbocycles. The van der Waals surface area contributed by atoms with Crippen molar-refractivity contribution >= 4 is 39.0 Å². The molecular weight excluding hydrogens is 271 g/mol. The summed E-state index contributed by atoms with van der Waals surface area (Å²) in [6.45, 7) is 0. The van der Waals surface area contributed by atoms with E-state index in [2.05, 4.69) is 20.9 Å². The molecule has 2 rings (SSSR count). The van der Waals surface area contributed by atoms with Gasteiger partial charge in [0.1, 0.15) is 0 Å². The van der Waals surface area contributed by atoms with Crippen molar-refractivity contribution in [3.05, 3.63) is 33.8 Å². The summed E-state index contributed by atoms with van der Waals surface area (Å²) in [6, 6.07) is 3.48. The fourth-order valence-electron chi connectivity index (χ4n) is 1.21. The third-order valence-corrected chi connectivity index (χ3v) is 2.67. The number of aromatic nitrogens is 2. The fraction of sp³-hybridized carbons (Fsp3) is 0. The number of pyridine rings is 1. The van der Waals surface area contributed by atoms with Gasteiger partial charge in [-0.25, -0.2) is 9.78 Å². The molecule has 0 aromatic carbocycles. The van der Waals surface area contributed by atoms with Gasteiger partial charge in [-0.3, -0.25) is 4.40 Å². The zero-order valence-corrected chi connectivity index (χ0v) is 9.08. The van der Waals surface area contributed by atoms with Gasteiger partial charge in [0.2, 0.25) is 5.82 Å². The third kappa shape index (κ3) is 1.29. The van der Waals surface area contributed by atoms with Crippen molar-refractivity contribution in [1.82, 2.24) is 9.38 Å². The van der Waals surface area contributed by atoms with Crippen molar-refractivity contribution in [3.63, 3.8) is 0 Å². The molecule has 0 amide bonds. The van der Waals surface area contributed by atoms with Crippen molar-refractivity contribution in [2.75, 3.05) is 0 Å². The SMILES string of the molecule is O=C(O)c1nc(Cl)c2c(Br)cccn12. The second-order valence-electron chi connectivity index (χ2n) is 2.61. The van der Waals surface area contributed by atoms with Gasteiger partial charge in [0.15, 0.2) is 5.15 Å². The van der Waals surface area contributed by atoms with Crippen LogP contribution in [0.15, 0.2) is 22.8 Å². The summed E-state index contributed by atoms with van der Waals surface area (Å²) in [6.07, 6.45) is 1.60. The van der Waals surface area contributed by atoms with Crippen LogP contribution in [0.2, 0.25) is 5.15 Å². The molecular formula is C8H4BrClN2O2. The molecule has 2 aromatic heterocycles. The van der Waals surface area contributed by atoms with Crippen LogP contribution in [0.1, 0.15) is 10.6 Å². The molecule has 0 aliphatic carbocycles. The molecule has 0 bridgehead atoms. The van der Waals surface area contributed by atoms with E-state index < -0.39 is 5.97 Å². The normalized spacial score (nSPS) is 10.7. The van der Waals surface area contributed by atoms with E-state index in [1.54, 1.807) is 18.3 Å². The molecule has 0 atom stereocenters. The number of fused-ring (bicyclic) bond motifs is 1. The van der Waals surface area contributed by atoms with E-state index in [1.807, 2.05) is 0 Å². The molecule has 0 radical (unpaired) electrons. The molecule has 4 nitrogen and oxygen atoms in total. The van der Waals surface area contributed by atoms with Crippen LogP contribution in [0.5, 0.6) is 0 Å². The summed E-state index contributed by atoms with van der Waals surface area (Å²) < 4.78 is 2.14. The summed E-state index contributed by atoms with van der Waals surface area (Å²) in [7, 11) is 0. The van der Waals surface area contributed by atoms with Crippen LogP contribution in [0.25, 0.3) is 5.52 Å². The first-order valence-electron chi connectivity index (χ1n) is 3.66. The summed E-state index contributed by atoms with van der Waals surface area (Å²) >= 11 is 9.07. The Balaban J connectivity index is 2.91. The summed E-state index contributed by atoms with van der Waals surface area (Å²) in [4.78, 5) is 14.5. The van der Waals surface area contributed by atoms with E-state index in [4.69, 9.17) is 16.7 Å². The minimum Gasteiger partial charge on any atom is -0.475 e. The Labute approximate surface area is 92.3 Å². The lowest BCUT2D eigenvalue weighted by atomic mass is 10.4. The van der Waals surface area contributed by atoms with Crippen LogP contribution in [-0.2, 0) is 0 Å². The highest BCUT2D eigenvalue weighted by Gasteiger charge is 2.16. The van der Waals surface area contributed by atoms with Crippen molar-refractivity contribution in [1.29, 1.82) is 0 Å². The third-order valence-electron chi connectivity index (χ3n) is 1.76. The minimum atomic E-state index is -1.11. The molecule has 0 fully saturated rings. The highest BCUT2D eigenvalue weighted by molar-refractivity contribution is 9.10. The molecule has 0 saturated heterocycles. The van der Waals surface area contributed by atoms with Crippen LogP contribution in [0.3, 0.4) is 0 Å². The van der Waals surface area contributed by atoms with E-state index in [0.717, 1.165) is 0 Å². The minimum absolute atomic E-state index is 0.0914. The highest BCUT2D eigenvalue weighted by Crippen LogP contribution is 2.25. The van der Waals surface area contributed by atoms with E-state index in [0.29, 0.717) is 9.99 Å². The lowest BCUT2D eigenvalue weighted by molar-refractivity contribution is 0.0683. The average Bonchev–Trinajstić information content (AvgIpc) is 2.45. The Hall–Kier alpha value is -1.07. The van der Waals surface area contributed by atoms with E-state index in [1.165, 1.54) is 4.40 Å². The topological polar surface area (TPSA) is 54.6 Å². The predicted molar refractivity (Wildman–Crippen MR) is 54.9 cm³/mol. The quantitative estimate of drug-likeness (QED) is 0.870. The molecule has 0 aliphatic rings. The van der Waals surface area contributed by atoms with Gasteiger partial charge in [0.25, 0.3) is 0 Å². The number of imidazole rings is 1. The van der Waals surface area contributed by atoms with Crippen molar-refractivity contribution in [3.8, 4) is 0 Å². The molecule has 6 heteroatoms. The molecule has 2 heterocycles. The lowest BCUT2D eigenvalue weighted by Crippen LogP contribution is -2.03. The molecule has 2 aromatic rings. The van der Waals surface area contributed by atoms with Gasteiger partial charge in [-0.1, -0.05) is 11.6 Å². The molecule has 0 unspecified atom stereocenters. The first-order valence-corrected chi connectivity index (χ1v) is 4.83. The van der Waals surface area contributed by atoms with Crippen LogP contribution in [-0.4, -0.2) is 20.5 Å². The number of halogens is 2. The molecule has 1 N–H and O–H groups in total. The number of aromatic carboxylic acids is 1. The average molecular weight is 275 g/mol. The van der Waals surface area contributed by atoms with Crippen molar-refractivity contribution in [2.24, 2.45) is 0 Å². The standard InChI is InChI=1S/C8H4BrClN2O2/c9-4-2-1-3-12-5(4)6(10)11-7(12)8(13)14/h1-3H,(H,13,14). The van der Waals surface area contributed by atoms with Gasteiger partial charge in [-0.15, -0.1) is 0 Å².